The van der Waals surface area contributed by atoms with Crippen LogP contribution in [0.3, 0.4) is 0 Å². The molecule has 2 aliphatic rings. The van der Waals surface area contributed by atoms with Gasteiger partial charge in [-0.15, -0.1) is 0 Å². The van der Waals surface area contributed by atoms with Crippen LogP contribution in [0, 0.1) is 5.92 Å². The zero-order chi connectivity index (χ0) is 23.7. The lowest BCUT2D eigenvalue weighted by Crippen LogP contribution is -2.39. The van der Waals surface area contributed by atoms with E-state index in [9.17, 15) is 14.7 Å². The summed E-state index contributed by atoms with van der Waals surface area (Å²) in [6, 6.07) is 11.2. The van der Waals surface area contributed by atoms with Gasteiger partial charge in [-0.2, -0.15) is 5.10 Å². The van der Waals surface area contributed by atoms with Crippen LogP contribution in [0.15, 0.2) is 36.4 Å². The first kappa shape index (κ1) is 22.2. The number of carboxylic acids is 1. The van der Waals surface area contributed by atoms with Gasteiger partial charge in [-0.1, -0.05) is 24.6 Å². The number of para-hydroxylation sites is 1. The first-order chi connectivity index (χ1) is 16.5. The number of nitrogens with zero attached hydrogens (tertiary/aromatic N) is 4. The Bertz CT molecular complexity index is 1200. The Kier molecular flexibility index (Phi) is 6.08. The normalized spacial score (nSPS) is 16.9. The first-order valence-corrected chi connectivity index (χ1v) is 11.7. The summed E-state index contributed by atoms with van der Waals surface area (Å²) < 4.78 is 12.8. The third kappa shape index (κ3) is 4.18. The molecular formula is C25H28N4O5. The number of rotatable bonds is 6. The molecule has 5 rings (SSSR count). The topological polar surface area (TPSA) is 107 Å². The highest BCUT2D eigenvalue weighted by atomic mass is 16.5. The summed E-state index contributed by atoms with van der Waals surface area (Å²) in [4.78, 5) is 29.8. The molecule has 2 aromatic heterocycles. The monoisotopic (exact) mass is 464 g/mol. The molecule has 1 saturated heterocycles. The number of likely N-dealkylation sites (tertiary alicyclic amines) is 1. The molecule has 0 bridgehead atoms. The zero-order valence-corrected chi connectivity index (χ0v) is 19.1. The van der Waals surface area contributed by atoms with Crippen molar-refractivity contribution in [3.63, 3.8) is 0 Å². The number of carbonyl (C=O) groups excluding carboxylic acids is 1. The van der Waals surface area contributed by atoms with Crippen LogP contribution in [0.1, 0.15) is 54.2 Å². The second-order valence-electron chi connectivity index (χ2n) is 8.98. The van der Waals surface area contributed by atoms with Crippen molar-refractivity contribution in [1.82, 2.24) is 19.7 Å². The summed E-state index contributed by atoms with van der Waals surface area (Å²) in [6.45, 7) is 1.67. The minimum Gasteiger partial charge on any atom is -0.492 e. The number of pyridine rings is 1. The molecule has 34 heavy (non-hydrogen) atoms. The molecule has 1 aromatic carbocycles. The molecule has 3 heterocycles. The lowest BCUT2D eigenvalue weighted by atomic mass is 9.82. The predicted octanol–water partition coefficient (Wildman–Crippen LogP) is 4.24. The van der Waals surface area contributed by atoms with E-state index in [2.05, 4.69) is 4.98 Å². The number of amides is 1. The van der Waals surface area contributed by atoms with Gasteiger partial charge in [0.05, 0.1) is 30.5 Å². The number of hydrogen-bond acceptors (Lipinski definition) is 6. The number of benzene rings is 1. The standard InChI is InChI=1S/C25H28N4O5/c1-33-25(32)28-12-10-16(11-13-28)15-34-20-14-19(24(30)31)26-23-21(20)22(17-6-5-7-17)27-29(23)18-8-3-2-4-9-18/h2-4,8-9,14,16-17H,5-7,10-13,15H2,1H3,(H,30,31). The Hall–Kier alpha value is -3.62. The third-order valence-electron chi connectivity index (χ3n) is 6.86. The maximum atomic E-state index is 11.9. The smallest absolute Gasteiger partial charge is 0.409 e. The number of ether oxygens (including phenoxy) is 2. The van der Waals surface area contributed by atoms with Crippen LogP contribution in [0.25, 0.3) is 16.7 Å². The van der Waals surface area contributed by atoms with E-state index in [0.717, 1.165) is 48.9 Å². The van der Waals surface area contributed by atoms with Gasteiger partial charge in [0.2, 0.25) is 0 Å². The van der Waals surface area contributed by atoms with Gasteiger partial charge in [-0.25, -0.2) is 19.3 Å². The molecule has 1 N–H and O–H groups in total. The van der Waals surface area contributed by atoms with Crippen LogP contribution < -0.4 is 4.74 Å². The Morgan fingerprint density at radius 2 is 1.85 bits per heavy atom. The molecule has 0 atom stereocenters. The van der Waals surface area contributed by atoms with Crippen molar-refractivity contribution < 1.29 is 24.2 Å². The summed E-state index contributed by atoms with van der Waals surface area (Å²) >= 11 is 0. The van der Waals surface area contributed by atoms with Gasteiger partial charge in [0.15, 0.2) is 11.3 Å². The van der Waals surface area contributed by atoms with Crippen LogP contribution >= 0.6 is 0 Å². The minimum atomic E-state index is -1.11. The van der Waals surface area contributed by atoms with Crippen molar-refractivity contribution in [2.75, 3.05) is 26.8 Å². The van der Waals surface area contributed by atoms with Crippen LogP contribution in [0.5, 0.6) is 5.75 Å². The van der Waals surface area contributed by atoms with Crippen LogP contribution in [-0.2, 0) is 4.74 Å². The van der Waals surface area contributed by atoms with E-state index >= 15 is 0 Å². The lowest BCUT2D eigenvalue weighted by Gasteiger charge is -2.30. The highest BCUT2D eigenvalue weighted by Crippen LogP contribution is 2.42. The van der Waals surface area contributed by atoms with Gasteiger partial charge >= 0.3 is 12.1 Å². The molecule has 3 aromatic rings. The van der Waals surface area contributed by atoms with E-state index in [1.807, 2.05) is 30.3 Å². The number of aromatic carboxylic acids is 1. The summed E-state index contributed by atoms with van der Waals surface area (Å²) in [7, 11) is 1.39. The predicted molar refractivity (Wildman–Crippen MR) is 125 cm³/mol. The molecule has 178 valence electrons. The summed E-state index contributed by atoms with van der Waals surface area (Å²) in [5.41, 5.74) is 2.18. The minimum absolute atomic E-state index is 0.0692. The second-order valence-corrected chi connectivity index (χ2v) is 8.98. The van der Waals surface area contributed by atoms with Crippen LogP contribution in [0.4, 0.5) is 4.79 Å². The van der Waals surface area contributed by atoms with Crippen LogP contribution in [0.2, 0.25) is 0 Å². The maximum absolute atomic E-state index is 11.9. The number of fused-ring (bicyclic) bond motifs is 1. The van der Waals surface area contributed by atoms with Crippen molar-refractivity contribution in [2.45, 2.75) is 38.0 Å². The largest absolute Gasteiger partial charge is 0.492 e. The molecule has 0 unspecified atom stereocenters. The van der Waals surface area contributed by atoms with Gasteiger partial charge in [0.1, 0.15) is 5.75 Å². The quantitative estimate of drug-likeness (QED) is 0.581. The van der Waals surface area contributed by atoms with Gasteiger partial charge in [-0.05, 0) is 43.7 Å². The molecular weight excluding hydrogens is 436 g/mol. The van der Waals surface area contributed by atoms with E-state index < -0.39 is 5.97 Å². The molecule has 2 fully saturated rings. The molecule has 9 nitrogen and oxygen atoms in total. The van der Waals surface area contributed by atoms with Gasteiger partial charge < -0.3 is 19.5 Å². The van der Waals surface area contributed by atoms with E-state index in [1.54, 1.807) is 9.58 Å². The highest BCUT2D eigenvalue weighted by molar-refractivity contribution is 5.94. The fraction of sp³-hybridized carbons (Fsp3) is 0.440. The number of carboxylic acid groups (broad SMARTS) is 1. The van der Waals surface area contributed by atoms with Gasteiger partial charge in [0.25, 0.3) is 0 Å². The van der Waals surface area contributed by atoms with Crippen molar-refractivity contribution in [2.24, 2.45) is 5.92 Å². The third-order valence-corrected chi connectivity index (χ3v) is 6.86. The first-order valence-electron chi connectivity index (χ1n) is 11.7. The summed E-state index contributed by atoms with van der Waals surface area (Å²) in [5.74, 6) is -0.0182. The lowest BCUT2D eigenvalue weighted by molar-refractivity contribution is 0.0690. The molecule has 1 saturated carbocycles. The fourth-order valence-electron chi connectivity index (χ4n) is 4.67. The number of aromatic nitrogens is 3. The molecule has 0 radical (unpaired) electrons. The van der Waals surface area contributed by atoms with Crippen molar-refractivity contribution >= 4 is 23.1 Å². The molecule has 1 aliphatic heterocycles. The number of carbonyl (C=O) groups is 2. The average Bonchev–Trinajstić information content (AvgIpc) is 3.21. The molecule has 1 amide bonds. The number of piperidine rings is 1. The van der Waals surface area contributed by atoms with E-state index in [1.165, 1.54) is 13.2 Å². The molecule has 1 aliphatic carbocycles. The van der Waals surface area contributed by atoms with Gasteiger partial charge in [-0.3, -0.25) is 0 Å². The molecule has 0 spiro atoms. The number of hydrogen-bond donors (Lipinski definition) is 1. The Morgan fingerprint density at radius 1 is 1.12 bits per heavy atom. The van der Waals surface area contributed by atoms with E-state index in [0.29, 0.717) is 37.0 Å². The van der Waals surface area contributed by atoms with Crippen molar-refractivity contribution in [3.05, 3.63) is 47.8 Å². The van der Waals surface area contributed by atoms with Crippen LogP contribution in [-0.4, -0.2) is 63.6 Å². The van der Waals surface area contributed by atoms with E-state index in [-0.39, 0.29) is 17.7 Å². The SMILES string of the molecule is COC(=O)N1CCC(COc2cc(C(=O)O)nc3c2c(C2CCC2)nn3-c2ccccc2)CC1. The van der Waals surface area contributed by atoms with Crippen molar-refractivity contribution in [3.8, 4) is 11.4 Å². The zero-order valence-electron chi connectivity index (χ0n) is 19.1. The Morgan fingerprint density at radius 3 is 2.47 bits per heavy atom. The molecule has 9 heteroatoms. The summed E-state index contributed by atoms with van der Waals surface area (Å²) in [6.07, 6.45) is 4.54. The second kappa shape index (κ2) is 9.32. The summed E-state index contributed by atoms with van der Waals surface area (Å²) in [5, 5.41) is 15.4. The highest BCUT2D eigenvalue weighted by Gasteiger charge is 2.30. The fourth-order valence-corrected chi connectivity index (χ4v) is 4.67. The average molecular weight is 465 g/mol. The van der Waals surface area contributed by atoms with Gasteiger partial charge in [0, 0.05) is 25.1 Å². The Balaban J connectivity index is 1.49. The maximum Gasteiger partial charge on any atom is 0.409 e. The van der Waals surface area contributed by atoms with Crippen molar-refractivity contribution in [1.29, 1.82) is 0 Å². The number of methoxy groups -OCH3 is 1. The Labute approximate surface area is 197 Å². The van der Waals surface area contributed by atoms with E-state index in [4.69, 9.17) is 14.6 Å².